The van der Waals surface area contributed by atoms with Crippen molar-refractivity contribution < 1.29 is 0 Å². The van der Waals surface area contributed by atoms with Gasteiger partial charge in [-0.1, -0.05) is 6.92 Å². The van der Waals surface area contributed by atoms with Gasteiger partial charge in [0.15, 0.2) is 0 Å². The van der Waals surface area contributed by atoms with Crippen LogP contribution in [-0.2, 0) is 0 Å². The van der Waals surface area contributed by atoms with Crippen LogP contribution in [0.1, 0.15) is 26.7 Å². The van der Waals surface area contributed by atoms with Crippen molar-refractivity contribution in [2.45, 2.75) is 32.7 Å². The van der Waals surface area contributed by atoms with Crippen LogP contribution in [0.25, 0.3) is 0 Å². The van der Waals surface area contributed by atoms with E-state index in [2.05, 4.69) is 46.1 Å². The van der Waals surface area contributed by atoms with Crippen LogP contribution in [0.15, 0.2) is 22.9 Å². The van der Waals surface area contributed by atoms with Crippen LogP contribution < -0.4 is 5.32 Å². The van der Waals surface area contributed by atoms with Crippen molar-refractivity contribution in [2.24, 2.45) is 5.41 Å². The lowest BCUT2D eigenvalue weighted by Crippen LogP contribution is -2.24. The van der Waals surface area contributed by atoms with E-state index in [4.69, 9.17) is 0 Å². The van der Waals surface area contributed by atoms with Gasteiger partial charge in [-0.05, 0) is 53.2 Å². The molecule has 0 saturated heterocycles. The summed E-state index contributed by atoms with van der Waals surface area (Å²) in [5.41, 5.74) is 1.61. The van der Waals surface area contributed by atoms with Gasteiger partial charge in [0.1, 0.15) is 4.60 Å². The zero-order valence-electron chi connectivity index (χ0n) is 8.55. The monoisotopic (exact) mass is 254 g/mol. The largest absolute Gasteiger partial charge is 0.381 e. The molecular weight excluding hydrogens is 240 g/mol. The van der Waals surface area contributed by atoms with E-state index in [1.807, 2.05) is 12.3 Å². The van der Waals surface area contributed by atoms with Crippen molar-refractivity contribution in [1.29, 1.82) is 0 Å². The second-order valence-corrected chi connectivity index (χ2v) is 5.20. The molecule has 0 spiro atoms. The van der Waals surface area contributed by atoms with Crippen molar-refractivity contribution in [3.8, 4) is 0 Å². The number of aromatic nitrogens is 1. The number of rotatable bonds is 3. The molecule has 2 rings (SSSR count). The van der Waals surface area contributed by atoms with Gasteiger partial charge in [-0.25, -0.2) is 4.98 Å². The van der Waals surface area contributed by atoms with E-state index in [1.54, 1.807) is 0 Å². The molecule has 76 valence electrons. The van der Waals surface area contributed by atoms with Gasteiger partial charge in [0, 0.05) is 6.04 Å². The van der Waals surface area contributed by atoms with E-state index in [-0.39, 0.29) is 0 Å². The highest BCUT2D eigenvalue weighted by Crippen LogP contribution is 2.48. The fourth-order valence-corrected chi connectivity index (χ4v) is 1.75. The number of pyridine rings is 1. The second kappa shape index (κ2) is 3.54. The lowest BCUT2D eigenvalue weighted by molar-refractivity contribution is 0.493. The van der Waals surface area contributed by atoms with Crippen molar-refractivity contribution >= 4 is 21.6 Å². The van der Waals surface area contributed by atoms with Gasteiger partial charge in [-0.3, -0.25) is 0 Å². The van der Waals surface area contributed by atoms with Gasteiger partial charge in [-0.15, -0.1) is 0 Å². The first-order valence-electron chi connectivity index (χ1n) is 4.98. The number of hydrogen-bond acceptors (Lipinski definition) is 2. The first kappa shape index (κ1) is 9.97. The normalized spacial score (nSPS) is 20.2. The maximum absolute atomic E-state index is 4.19. The molecule has 1 unspecified atom stereocenters. The minimum absolute atomic E-state index is 0.507. The highest BCUT2D eigenvalue weighted by Gasteiger charge is 2.42. The van der Waals surface area contributed by atoms with E-state index >= 15 is 0 Å². The molecule has 0 aromatic carbocycles. The Morgan fingerprint density at radius 1 is 1.50 bits per heavy atom. The summed E-state index contributed by atoms with van der Waals surface area (Å²) >= 11 is 3.32. The Balaban J connectivity index is 2.00. The first-order chi connectivity index (χ1) is 6.60. The molecule has 0 amide bonds. The fraction of sp³-hybridized carbons (Fsp3) is 0.545. The first-order valence-corrected chi connectivity index (χ1v) is 5.77. The molecule has 0 aliphatic heterocycles. The molecule has 1 aliphatic carbocycles. The van der Waals surface area contributed by atoms with Crippen LogP contribution in [0.2, 0.25) is 0 Å². The summed E-state index contributed by atoms with van der Waals surface area (Å²) in [4.78, 5) is 4.19. The number of nitrogens with one attached hydrogen (secondary N) is 1. The molecule has 1 aromatic rings. The molecule has 0 radical (unpaired) electrons. The quantitative estimate of drug-likeness (QED) is 0.837. The standard InChI is InChI=1S/C11H15BrN2/c1-8(11(2)5-6-11)14-9-3-4-10(12)13-7-9/h3-4,7-8,14H,5-6H2,1-2H3. The van der Waals surface area contributed by atoms with E-state index in [0.717, 1.165) is 10.3 Å². The van der Waals surface area contributed by atoms with Crippen LogP contribution >= 0.6 is 15.9 Å². The molecule has 1 N–H and O–H groups in total. The lowest BCUT2D eigenvalue weighted by atomic mass is 10.0. The third-order valence-electron chi connectivity index (χ3n) is 3.19. The second-order valence-electron chi connectivity index (χ2n) is 4.39. The zero-order valence-corrected chi connectivity index (χ0v) is 10.1. The number of hydrogen-bond donors (Lipinski definition) is 1. The lowest BCUT2D eigenvalue weighted by Gasteiger charge is -2.21. The molecule has 3 heteroatoms. The highest BCUT2D eigenvalue weighted by molar-refractivity contribution is 9.10. The Morgan fingerprint density at radius 2 is 2.21 bits per heavy atom. The zero-order chi connectivity index (χ0) is 10.2. The minimum atomic E-state index is 0.507. The van der Waals surface area contributed by atoms with Crippen molar-refractivity contribution in [1.82, 2.24) is 4.98 Å². The van der Waals surface area contributed by atoms with Gasteiger partial charge >= 0.3 is 0 Å². The third kappa shape index (κ3) is 2.08. The Kier molecular flexibility index (Phi) is 2.52. The van der Waals surface area contributed by atoms with Gasteiger partial charge in [0.25, 0.3) is 0 Å². The predicted molar refractivity (Wildman–Crippen MR) is 62.4 cm³/mol. The molecule has 1 aliphatic rings. The van der Waals surface area contributed by atoms with Gasteiger partial charge < -0.3 is 5.32 Å². The SMILES string of the molecule is CC(Nc1ccc(Br)nc1)C1(C)CC1. The average Bonchev–Trinajstić information content (AvgIpc) is 2.89. The Hall–Kier alpha value is -0.570. The summed E-state index contributed by atoms with van der Waals surface area (Å²) in [7, 11) is 0. The molecule has 1 atom stereocenters. The number of halogens is 1. The number of anilines is 1. The van der Waals surface area contributed by atoms with Crippen molar-refractivity contribution in [3.63, 3.8) is 0 Å². The summed E-state index contributed by atoms with van der Waals surface area (Å²) in [6, 6.07) is 4.55. The summed E-state index contributed by atoms with van der Waals surface area (Å²) in [6.45, 7) is 4.58. The van der Waals surface area contributed by atoms with E-state index < -0.39 is 0 Å². The van der Waals surface area contributed by atoms with Crippen LogP contribution in [0, 0.1) is 5.41 Å². The highest BCUT2D eigenvalue weighted by atomic mass is 79.9. The average molecular weight is 255 g/mol. The summed E-state index contributed by atoms with van der Waals surface area (Å²) in [5, 5.41) is 3.49. The fourth-order valence-electron chi connectivity index (χ4n) is 1.52. The predicted octanol–water partition coefficient (Wildman–Crippen LogP) is 3.44. The minimum Gasteiger partial charge on any atom is -0.381 e. The van der Waals surface area contributed by atoms with E-state index in [0.29, 0.717) is 11.5 Å². The van der Waals surface area contributed by atoms with E-state index in [1.165, 1.54) is 12.8 Å². The molecule has 0 bridgehead atoms. The molecule has 1 fully saturated rings. The molecule has 1 heterocycles. The maximum atomic E-state index is 4.19. The van der Waals surface area contributed by atoms with Crippen LogP contribution in [0.4, 0.5) is 5.69 Å². The van der Waals surface area contributed by atoms with Crippen LogP contribution in [0.3, 0.4) is 0 Å². The van der Waals surface area contributed by atoms with Gasteiger partial charge in [-0.2, -0.15) is 0 Å². The smallest absolute Gasteiger partial charge is 0.106 e. The molecular formula is C11H15BrN2. The van der Waals surface area contributed by atoms with Gasteiger partial charge in [0.2, 0.25) is 0 Å². The molecule has 1 saturated carbocycles. The molecule has 2 nitrogen and oxygen atoms in total. The topological polar surface area (TPSA) is 24.9 Å². The summed E-state index contributed by atoms with van der Waals surface area (Å²) in [5.74, 6) is 0. The molecule has 14 heavy (non-hydrogen) atoms. The van der Waals surface area contributed by atoms with E-state index in [9.17, 15) is 0 Å². The summed E-state index contributed by atoms with van der Waals surface area (Å²) in [6.07, 6.45) is 4.54. The Labute approximate surface area is 93.3 Å². The van der Waals surface area contributed by atoms with Crippen LogP contribution in [0.5, 0.6) is 0 Å². The van der Waals surface area contributed by atoms with Crippen molar-refractivity contribution in [2.75, 3.05) is 5.32 Å². The third-order valence-corrected chi connectivity index (χ3v) is 3.66. The van der Waals surface area contributed by atoms with Crippen molar-refractivity contribution in [3.05, 3.63) is 22.9 Å². The van der Waals surface area contributed by atoms with Crippen LogP contribution in [-0.4, -0.2) is 11.0 Å². The Bertz CT molecular complexity index is 317. The van der Waals surface area contributed by atoms with Gasteiger partial charge in [0.05, 0.1) is 11.9 Å². The number of nitrogens with zero attached hydrogens (tertiary/aromatic N) is 1. The molecule has 1 aromatic heterocycles. The maximum Gasteiger partial charge on any atom is 0.106 e. The Morgan fingerprint density at radius 3 is 2.71 bits per heavy atom. The summed E-state index contributed by atoms with van der Waals surface area (Å²) < 4.78 is 0.883.